The molecule has 0 amide bonds. The summed E-state index contributed by atoms with van der Waals surface area (Å²) in [5.74, 6) is 1.01. The number of anilines is 1. The molecule has 3 aromatic carbocycles. The first kappa shape index (κ1) is 17.1. The van der Waals surface area contributed by atoms with Crippen molar-refractivity contribution in [3.63, 3.8) is 0 Å². The molecule has 28 heavy (non-hydrogen) atoms. The normalized spacial score (nSPS) is 15.3. The Bertz CT molecular complexity index is 1130. The fourth-order valence-corrected chi connectivity index (χ4v) is 4.13. The number of benzene rings is 3. The first-order valence-corrected chi connectivity index (χ1v) is 9.81. The summed E-state index contributed by atoms with van der Waals surface area (Å²) < 4.78 is 2.35. The standard InChI is InChI=1S/C24H20ClN3/c1-16-23-22(17-11-13-20(25)14-12-17)27-21-10-6-5-9-19(21)15-28(23)24(26-16)18-7-3-2-4-8-18/h2-14,22,27H,15H2,1H3. The minimum atomic E-state index is 0.00544. The number of hydrogen-bond acceptors (Lipinski definition) is 2. The van der Waals surface area contributed by atoms with Crippen molar-refractivity contribution >= 4 is 17.3 Å². The quantitative estimate of drug-likeness (QED) is 0.453. The van der Waals surface area contributed by atoms with Gasteiger partial charge in [0, 0.05) is 16.3 Å². The molecule has 1 atom stereocenters. The summed E-state index contributed by atoms with van der Waals surface area (Å²) in [4.78, 5) is 4.97. The molecule has 4 heteroatoms. The van der Waals surface area contributed by atoms with Gasteiger partial charge >= 0.3 is 0 Å². The lowest BCUT2D eigenvalue weighted by Gasteiger charge is -2.20. The zero-order valence-electron chi connectivity index (χ0n) is 15.6. The number of para-hydroxylation sites is 1. The molecule has 3 nitrogen and oxygen atoms in total. The van der Waals surface area contributed by atoms with Crippen LogP contribution < -0.4 is 5.32 Å². The van der Waals surface area contributed by atoms with E-state index in [9.17, 15) is 0 Å². The van der Waals surface area contributed by atoms with Gasteiger partial charge in [0.05, 0.1) is 24.0 Å². The van der Waals surface area contributed by atoms with Crippen molar-refractivity contribution in [1.29, 1.82) is 0 Å². The van der Waals surface area contributed by atoms with E-state index in [-0.39, 0.29) is 6.04 Å². The highest BCUT2D eigenvalue weighted by atomic mass is 35.5. The van der Waals surface area contributed by atoms with Crippen molar-refractivity contribution in [2.45, 2.75) is 19.5 Å². The van der Waals surface area contributed by atoms with Crippen molar-refractivity contribution in [3.8, 4) is 11.4 Å². The average Bonchev–Trinajstić information content (AvgIpc) is 2.94. The van der Waals surface area contributed by atoms with E-state index in [1.54, 1.807) is 0 Å². The fourth-order valence-electron chi connectivity index (χ4n) is 4.01. The lowest BCUT2D eigenvalue weighted by atomic mass is 10.0. The van der Waals surface area contributed by atoms with Crippen molar-refractivity contribution in [2.75, 3.05) is 5.32 Å². The van der Waals surface area contributed by atoms with Gasteiger partial charge in [-0.25, -0.2) is 4.98 Å². The number of nitrogens with one attached hydrogen (secondary N) is 1. The molecular formula is C24H20ClN3. The fraction of sp³-hybridized carbons (Fsp3) is 0.125. The van der Waals surface area contributed by atoms with Crippen molar-refractivity contribution in [2.24, 2.45) is 0 Å². The molecule has 1 unspecified atom stereocenters. The molecule has 1 aliphatic heterocycles. The molecule has 138 valence electrons. The summed E-state index contributed by atoms with van der Waals surface area (Å²) in [6.45, 7) is 2.88. The number of nitrogens with zero attached hydrogens (tertiary/aromatic N) is 2. The Hall–Kier alpha value is -3.04. The molecule has 0 fully saturated rings. The monoisotopic (exact) mass is 385 g/mol. The highest BCUT2D eigenvalue weighted by Gasteiger charge is 2.28. The number of aromatic nitrogens is 2. The van der Waals surface area contributed by atoms with Crippen LogP contribution in [0.3, 0.4) is 0 Å². The van der Waals surface area contributed by atoms with Crippen LogP contribution in [-0.4, -0.2) is 9.55 Å². The van der Waals surface area contributed by atoms with E-state index in [2.05, 4.69) is 77.5 Å². The molecule has 4 aromatic rings. The summed E-state index contributed by atoms with van der Waals surface area (Å²) in [7, 11) is 0. The maximum absolute atomic E-state index is 6.14. The second-order valence-corrected chi connectivity index (χ2v) is 7.58. The minimum absolute atomic E-state index is 0.00544. The number of halogens is 1. The van der Waals surface area contributed by atoms with Gasteiger partial charge in [-0.05, 0) is 36.2 Å². The number of aryl methyl sites for hydroxylation is 1. The van der Waals surface area contributed by atoms with E-state index in [1.165, 1.54) is 16.8 Å². The largest absolute Gasteiger partial charge is 0.373 e. The van der Waals surface area contributed by atoms with E-state index < -0.39 is 0 Å². The maximum Gasteiger partial charge on any atom is 0.140 e. The van der Waals surface area contributed by atoms with Gasteiger partial charge in [-0.2, -0.15) is 0 Å². The van der Waals surface area contributed by atoms with E-state index in [1.807, 2.05) is 18.2 Å². The van der Waals surface area contributed by atoms with Crippen LogP contribution >= 0.6 is 11.6 Å². The molecule has 0 radical (unpaired) electrons. The van der Waals surface area contributed by atoms with Gasteiger partial charge in [-0.15, -0.1) is 0 Å². The molecule has 0 bridgehead atoms. The Morgan fingerprint density at radius 1 is 0.929 bits per heavy atom. The van der Waals surface area contributed by atoms with Crippen LogP contribution in [0, 0.1) is 6.92 Å². The Morgan fingerprint density at radius 3 is 2.43 bits per heavy atom. The smallest absolute Gasteiger partial charge is 0.140 e. The molecule has 1 aromatic heterocycles. The van der Waals surface area contributed by atoms with Crippen LogP contribution in [-0.2, 0) is 6.54 Å². The number of rotatable bonds is 2. The second kappa shape index (κ2) is 6.84. The molecule has 0 aliphatic carbocycles. The van der Waals surface area contributed by atoms with Crippen LogP contribution in [0.2, 0.25) is 5.02 Å². The zero-order valence-corrected chi connectivity index (χ0v) is 16.3. The van der Waals surface area contributed by atoms with Gasteiger partial charge in [0.2, 0.25) is 0 Å². The molecule has 1 N–H and O–H groups in total. The van der Waals surface area contributed by atoms with Crippen LogP contribution in [0.5, 0.6) is 0 Å². The highest BCUT2D eigenvalue weighted by Crippen LogP contribution is 2.37. The van der Waals surface area contributed by atoms with Gasteiger partial charge < -0.3 is 9.88 Å². The summed E-state index contributed by atoms with van der Waals surface area (Å²) in [6, 6.07) is 27.0. The van der Waals surface area contributed by atoms with Crippen LogP contribution in [0.15, 0.2) is 78.9 Å². The second-order valence-electron chi connectivity index (χ2n) is 7.14. The zero-order chi connectivity index (χ0) is 19.1. The maximum atomic E-state index is 6.14. The van der Waals surface area contributed by atoms with Crippen molar-refractivity contribution < 1.29 is 0 Å². The van der Waals surface area contributed by atoms with Crippen LogP contribution in [0.4, 0.5) is 5.69 Å². The number of hydrogen-bond donors (Lipinski definition) is 1. The van der Waals surface area contributed by atoms with Gasteiger partial charge in [0.1, 0.15) is 5.82 Å². The number of fused-ring (bicyclic) bond motifs is 2. The van der Waals surface area contributed by atoms with Crippen LogP contribution in [0.1, 0.15) is 28.6 Å². The van der Waals surface area contributed by atoms with Gasteiger partial charge in [0.25, 0.3) is 0 Å². The molecule has 0 saturated carbocycles. The topological polar surface area (TPSA) is 29.9 Å². The predicted octanol–water partition coefficient (Wildman–Crippen LogP) is 6.08. The van der Waals surface area contributed by atoms with Crippen LogP contribution in [0.25, 0.3) is 11.4 Å². The van der Waals surface area contributed by atoms with Gasteiger partial charge in [0.15, 0.2) is 0 Å². The van der Waals surface area contributed by atoms with E-state index in [0.717, 1.165) is 34.3 Å². The first-order valence-electron chi connectivity index (χ1n) is 9.43. The predicted molar refractivity (Wildman–Crippen MR) is 115 cm³/mol. The Labute approximate surface area is 169 Å². The third kappa shape index (κ3) is 2.88. The molecular weight excluding hydrogens is 366 g/mol. The van der Waals surface area contributed by atoms with E-state index in [4.69, 9.17) is 16.6 Å². The van der Waals surface area contributed by atoms with E-state index >= 15 is 0 Å². The lowest BCUT2D eigenvalue weighted by molar-refractivity contribution is 0.741. The SMILES string of the molecule is Cc1nc(-c2ccccc2)n2c1C(c1ccc(Cl)cc1)Nc1ccccc1C2. The highest BCUT2D eigenvalue weighted by molar-refractivity contribution is 6.30. The first-order chi connectivity index (χ1) is 13.7. The molecule has 1 aliphatic rings. The third-order valence-corrected chi connectivity index (χ3v) is 5.60. The molecule has 0 spiro atoms. The molecule has 2 heterocycles. The lowest BCUT2D eigenvalue weighted by Crippen LogP contribution is -2.15. The summed E-state index contributed by atoms with van der Waals surface area (Å²) in [5.41, 5.74) is 6.95. The third-order valence-electron chi connectivity index (χ3n) is 5.35. The number of imidazole rings is 1. The average molecular weight is 386 g/mol. The summed E-state index contributed by atoms with van der Waals surface area (Å²) >= 11 is 6.14. The Morgan fingerprint density at radius 2 is 1.64 bits per heavy atom. The summed E-state index contributed by atoms with van der Waals surface area (Å²) in [5, 5.41) is 4.50. The minimum Gasteiger partial charge on any atom is -0.373 e. The van der Waals surface area contributed by atoms with Gasteiger partial charge in [-0.3, -0.25) is 0 Å². The van der Waals surface area contributed by atoms with E-state index in [0.29, 0.717) is 0 Å². The van der Waals surface area contributed by atoms with Crippen molar-refractivity contribution in [3.05, 3.63) is 106 Å². The Kier molecular flexibility index (Phi) is 4.18. The summed E-state index contributed by atoms with van der Waals surface area (Å²) in [6.07, 6.45) is 0. The van der Waals surface area contributed by atoms with Crippen molar-refractivity contribution in [1.82, 2.24) is 9.55 Å². The Balaban J connectivity index is 1.75. The molecule has 0 saturated heterocycles. The molecule has 5 rings (SSSR count). The van der Waals surface area contributed by atoms with Gasteiger partial charge in [-0.1, -0.05) is 72.3 Å².